The number of aromatic nitrogens is 2. The van der Waals surface area contributed by atoms with Crippen LogP contribution in [0.5, 0.6) is 0 Å². The second kappa shape index (κ2) is 7.19. The maximum absolute atomic E-state index is 12.3. The number of piperidine rings is 1. The van der Waals surface area contributed by atoms with E-state index in [0.717, 1.165) is 39.0 Å². The van der Waals surface area contributed by atoms with Gasteiger partial charge in [0.1, 0.15) is 5.69 Å². The van der Waals surface area contributed by atoms with Gasteiger partial charge in [-0.15, -0.1) is 0 Å². The van der Waals surface area contributed by atoms with E-state index in [4.69, 9.17) is 0 Å². The summed E-state index contributed by atoms with van der Waals surface area (Å²) in [6.45, 7) is 3.33. The van der Waals surface area contributed by atoms with Crippen molar-refractivity contribution in [2.45, 2.75) is 19.3 Å². The molecule has 1 amide bonds. The lowest BCUT2D eigenvalue weighted by Crippen LogP contribution is -2.36. The van der Waals surface area contributed by atoms with Crippen molar-refractivity contribution in [1.82, 2.24) is 19.8 Å². The Kier molecular flexibility index (Phi) is 5.29. The molecule has 1 aromatic heterocycles. The van der Waals surface area contributed by atoms with Gasteiger partial charge in [-0.1, -0.05) is 0 Å². The summed E-state index contributed by atoms with van der Waals surface area (Å²) in [5.74, 6) is 0.539. The Morgan fingerprint density at radius 3 is 2.80 bits per heavy atom. The standard InChI is InChI=1S/C14H23N5O/c1-18(2)11-8-16-14-15-7-6-12(17-14)13(20)19-9-4-3-5-10-19/h6-7H,3-5,8-11H2,1-2H3,(H,15,16,17). The molecule has 1 aromatic rings. The second-order valence-electron chi connectivity index (χ2n) is 5.35. The number of amides is 1. The summed E-state index contributed by atoms with van der Waals surface area (Å²) in [6.07, 6.45) is 5.03. The smallest absolute Gasteiger partial charge is 0.272 e. The molecule has 0 spiro atoms. The predicted octanol–water partition coefficient (Wildman–Crippen LogP) is 1.08. The van der Waals surface area contributed by atoms with Crippen molar-refractivity contribution in [2.75, 3.05) is 45.6 Å². The molecule has 0 unspecified atom stereocenters. The molecule has 1 saturated heterocycles. The summed E-state index contributed by atoms with van der Waals surface area (Å²) in [7, 11) is 4.03. The Bertz CT molecular complexity index is 443. The molecule has 0 radical (unpaired) electrons. The van der Waals surface area contributed by atoms with Crippen LogP contribution in [0.15, 0.2) is 12.3 Å². The zero-order chi connectivity index (χ0) is 14.4. The SMILES string of the molecule is CN(C)CCNc1nccc(C(=O)N2CCCCC2)n1. The van der Waals surface area contributed by atoms with Crippen molar-refractivity contribution in [3.63, 3.8) is 0 Å². The third-order valence-corrected chi connectivity index (χ3v) is 3.36. The largest absolute Gasteiger partial charge is 0.353 e. The molecule has 1 aliphatic rings. The third-order valence-electron chi connectivity index (χ3n) is 3.36. The van der Waals surface area contributed by atoms with Gasteiger partial charge in [-0.2, -0.15) is 0 Å². The monoisotopic (exact) mass is 277 g/mol. The number of carbonyl (C=O) groups excluding carboxylic acids is 1. The third kappa shape index (κ3) is 4.16. The Balaban J connectivity index is 1.95. The molecule has 0 atom stereocenters. The molecular weight excluding hydrogens is 254 g/mol. The summed E-state index contributed by atoms with van der Waals surface area (Å²) >= 11 is 0. The number of nitrogens with one attached hydrogen (secondary N) is 1. The van der Waals surface area contributed by atoms with E-state index in [1.54, 1.807) is 12.3 Å². The molecule has 1 N–H and O–H groups in total. The number of hydrogen-bond donors (Lipinski definition) is 1. The van der Waals surface area contributed by atoms with Crippen LogP contribution in [0.4, 0.5) is 5.95 Å². The Morgan fingerprint density at radius 1 is 1.35 bits per heavy atom. The zero-order valence-electron chi connectivity index (χ0n) is 12.3. The minimum absolute atomic E-state index is 0.0164. The minimum Gasteiger partial charge on any atom is -0.353 e. The molecule has 0 aromatic carbocycles. The van der Waals surface area contributed by atoms with Crippen LogP contribution in [0.2, 0.25) is 0 Å². The highest BCUT2D eigenvalue weighted by molar-refractivity contribution is 5.92. The van der Waals surface area contributed by atoms with Crippen molar-refractivity contribution in [1.29, 1.82) is 0 Å². The lowest BCUT2D eigenvalue weighted by Gasteiger charge is -2.26. The molecule has 110 valence electrons. The number of likely N-dealkylation sites (N-methyl/N-ethyl adjacent to an activating group) is 1. The average molecular weight is 277 g/mol. The number of rotatable bonds is 5. The summed E-state index contributed by atoms with van der Waals surface area (Å²) < 4.78 is 0. The lowest BCUT2D eigenvalue weighted by atomic mass is 10.1. The van der Waals surface area contributed by atoms with Gasteiger partial charge in [0.05, 0.1) is 0 Å². The first-order valence-electron chi connectivity index (χ1n) is 7.18. The molecule has 2 rings (SSSR count). The molecular formula is C14H23N5O. The van der Waals surface area contributed by atoms with Gasteiger partial charge >= 0.3 is 0 Å². The van der Waals surface area contributed by atoms with E-state index in [-0.39, 0.29) is 5.91 Å². The molecule has 0 saturated carbocycles. The first-order chi connectivity index (χ1) is 9.66. The van der Waals surface area contributed by atoms with Crippen LogP contribution in [0.3, 0.4) is 0 Å². The topological polar surface area (TPSA) is 61.4 Å². The molecule has 6 nitrogen and oxygen atoms in total. The summed E-state index contributed by atoms with van der Waals surface area (Å²) in [4.78, 5) is 24.8. The van der Waals surface area contributed by atoms with Crippen LogP contribution < -0.4 is 5.32 Å². The van der Waals surface area contributed by atoms with Gasteiger partial charge in [0.2, 0.25) is 5.95 Å². The van der Waals surface area contributed by atoms with Crippen LogP contribution in [-0.2, 0) is 0 Å². The average Bonchev–Trinajstić information content (AvgIpc) is 2.47. The van der Waals surface area contributed by atoms with Crippen molar-refractivity contribution in [2.24, 2.45) is 0 Å². The van der Waals surface area contributed by atoms with Crippen molar-refractivity contribution < 1.29 is 4.79 Å². The van der Waals surface area contributed by atoms with E-state index >= 15 is 0 Å². The molecule has 1 aliphatic heterocycles. The van der Waals surface area contributed by atoms with E-state index in [1.165, 1.54) is 6.42 Å². The quantitative estimate of drug-likeness (QED) is 0.872. The molecule has 0 bridgehead atoms. The van der Waals surface area contributed by atoms with Crippen LogP contribution in [0, 0.1) is 0 Å². The van der Waals surface area contributed by atoms with Crippen LogP contribution >= 0.6 is 0 Å². The van der Waals surface area contributed by atoms with E-state index < -0.39 is 0 Å². The molecule has 0 aliphatic carbocycles. The lowest BCUT2D eigenvalue weighted by molar-refractivity contribution is 0.0718. The number of hydrogen-bond acceptors (Lipinski definition) is 5. The Hall–Kier alpha value is -1.69. The number of likely N-dealkylation sites (tertiary alicyclic amines) is 1. The van der Waals surface area contributed by atoms with Crippen molar-refractivity contribution >= 4 is 11.9 Å². The highest BCUT2D eigenvalue weighted by Gasteiger charge is 2.19. The van der Waals surface area contributed by atoms with Gasteiger partial charge in [0.25, 0.3) is 5.91 Å². The molecule has 6 heteroatoms. The van der Waals surface area contributed by atoms with E-state index in [1.807, 2.05) is 19.0 Å². The predicted molar refractivity (Wildman–Crippen MR) is 78.8 cm³/mol. The molecule has 1 fully saturated rings. The van der Waals surface area contributed by atoms with Crippen molar-refractivity contribution in [3.8, 4) is 0 Å². The first-order valence-corrected chi connectivity index (χ1v) is 7.18. The normalized spacial score (nSPS) is 15.4. The van der Waals surface area contributed by atoms with Crippen LogP contribution in [0.25, 0.3) is 0 Å². The number of carbonyl (C=O) groups is 1. The van der Waals surface area contributed by atoms with Gasteiger partial charge in [0.15, 0.2) is 0 Å². The molecule has 20 heavy (non-hydrogen) atoms. The summed E-state index contributed by atoms with van der Waals surface area (Å²) in [6, 6.07) is 1.69. The maximum atomic E-state index is 12.3. The van der Waals surface area contributed by atoms with Crippen LogP contribution in [0.1, 0.15) is 29.8 Å². The van der Waals surface area contributed by atoms with E-state index in [2.05, 4.69) is 20.2 Å². The zero-order valence-corrected chi connectivity index (χ0v) is 12.3. The Labute approximate surface area is 120 Å². The Morgan fingerprint density at radius 2 is 2.10 bits per heavy atom. The minimum atomic E-state index is 0.0164. The highest BCUT2D eigenvalue weighted by Crippen LogP contribution is 2.12. The fraction of sp³-hybridized carbons (Fsp3) is 0.643. The fourth-order valence-corrected chi connectivity index (χ4v) is 2.21. The first kappa shape index (κ1) is 14.7. The second-order valence-corrected chi connectivity index (χ2v) is 5.35. The van der Waals surface area contributed by atoms with Gasteiger partial charge in [-0.3, -0.25) is 4.79 Å². The van der Waals surface area contributed by atoms with Gasteiger partial charge < -0.3 is 15.1 Å². The highest BCUT2D eigenvalue weighted by atomic mass is 16.2. The fourth-order valence-electron chi connectivity index (χ4n) is 2.21. The molecule has 2 heterocycles. The van der Waals surface area contributed by atoms with E-state index in [0.29, 0.717) is 11.6 Å². The maximum Gasteiger partial charge on any atom is 0.272 e. The van der Waals surface area contributed by atoms with Gasteiger partial charge in [0, 0.05) is 32.4 Å². The summed E-state index contributed by atoms with van der Waals surface area (Å²) in [5.41, 5.74) is 0.481. The number of nitrogens with zero attached hydrogens (tertiary/aromatic N) is 4. The van der Waals surface area contributed by atoms with Gasteiger partial charge in [-0.05, 0) is 39.4 Å². The summed E-state index contributed by atoms with van der Waals surface area (Å²) in [5, 5.41) is 3.14. The number of anilines is 1. The van der Waals surface area contributed by atoms with Gasteiger partial charge in [-0.25, -0.2) is 9.97 Å². The van der Waals surface area contributed by atoms with Crippen LogP contribution in [-0.4, -0.2) is 65.9 Å². The van der Waals surface area contributed by atoms with Crippen molar-refractivity contribution in [3.05, 3.63) is 18.0 Å². The van der Waals surface area contributed by atoms with E-state index in [9.17, 15) is 4.79 Å².